The summed E-state index contributed by atoms with van der Waals surface area (Å²) in [6, 6.07) is 9.99. The molecule has 0 amide bonds. The molecule has 0 saturated heterocycles. The molecule has 0 bridgehead atoms. The van der Waals surface area contributed by atoms with Gasteiger partial charge in [0.25, 0.3) is 0 Å². The predicted octanol–water partition coefficient (Wildman–Crippen LogP) is 4.55. The summed E-state index contributed by atoms with van der Waals surface area (Å²) in [5.41, 5.74) is 3.12. The predicted molar refractivity (Wildman–Crippen MR) is 82.5 cm³/mol. The van der Waals surface area contributed by atoms with Gasteiger partial charge in [-0.3, -0.25) is 4.98 Å². The Morgan fingerprint density at radius 1 is 1.00 bits per heavy atom. The summed E-state index contributed by atoms with van der Waals surface area (Å²) in [5.74, 6) is 0. The highest BCUT2D eigenvalue weighted by atomic mass is 16.3. The number of hydrogen-bond donors (Lipinski definition) is 1. The second-order valence-corrected chi connectivity index (χ2v) is 5.55. The van der Waals surface area contributed by atoms with Crippen molar-refractivity contribution in [1.82, 2.24) is 4.98 Å². The summed E-state index contributed by atoms with van der Waals surface area (Å²) in [4.78, 5) is 4.37. The molecule has 0 saturated carbocycles. The fourth-order valence-electron chi connectivity index (χ4n) is 3.03. The van der Waals surface area contributed by atoms with E-state index in [0.717, 1.165) is 29.3 Å². The Labute approximate surface area is 120 Å². The number of pyridine rings is 1. The highest BCUT2D eigenvalue weighted by Crippen LogP contribution is 2.32. The monoisotopic (exact) mass is 267 g/mol. The maximum Gasteiger partial charge on any atom is 0.101 e. The second-order valence-electron chi connectivity index (χ2n) is 5.55. The molecule has 1 atom stereocenters. The van der Waals surface area contributed by atoms with Gasteiger partial charge in [0.1, 0.15) is 6.10 Å². The Balaban J connectivity index is 1.97. The minimum Gasteiger partial charge on any atom is -0.384 e. The minimum absolute atomic E-state index is 0.485. The maximum atomic E-state index is 10.8. The molecule has 1 aromatic carbocycles. The third-order valence-electron chi connectivity index (χ3n) is 4.15. The number of benzene rings is 1. The van der Waals surface area contributed by atoms with Crippen LogP contribution in [-0.2, 0) is 0 Å². The number of fused-ring (bicyclic) bond motifs is 1. The SMILES string of the molecule is OC(/C1=C/CCCCCC1)c1cccc2ncccc12. The van der Waals surface area contributed by atoms with Crippen LogP contribution in [0.25, 0.3) is 10.9 Å². The molecule has 0 fully saturated rings. The molecule has 104 valence electrons. The third-order valence-corrected chi connectivity index (χ3v) is 4.15. The van der Waals surface area contributed by atoms with Gasteiger partial charge in [-0.05, 0) is 49.0 Å². The van der Waals surface area contributed by atoms with Crippen LogP contribution < -0.4 is 0 Å². The highest BCUT2D eigenvalue weighted by Gasteiger charge is 2.16. The van der Waals surface area contributed by atoms with Gasteiger partial charge in [-0.2, -0.15) is 0 Å². The molecule has 0 spiro atoms. The molecule has 1 unspecified atom stereocenters. The summed E-state index contributed by atoms with van der Waals surface area (Å²) in [6.07, 6.45) is 10.7. The van der Waals surface area contributed by atoms with E-state index in [2.05, 4.69) is 11.1 Å². The van der Waals surface area contributed by atoms with Gasteiger partial charge in [0.15, 0.2) is 0 Å². The molecule has 0 aliphatic heterocycles. The maximum absolute atomic E-state index is 10.8. The highest BCUT2D eigenvalue weighted by molar-refractivity contribution is 5.82. The first kappa shape index (κ1) is 13.3. The van der Waals surface area contributed by atoms with Crippen LogP contribution in [0.1, 0.15) is 50.2 Å². The van der Waals surface area contributed by atoms with Crippen LogP contribution in [0.2, 0.25) is 0 Å². The Morgan fingerprint density at radius 2 is 1.90 bits per heavy atom. The number of aliphatic hydroxyl groups is 1. The number of aliphatic hydroxyl groups excluding tert-OH is 1. The lowest BCUT2D eigenvalue weighted by atomic mass is 9.91. The van der Waals surface area contributed by atoms with Crippen LogP contribution in [0, 0.1) is 0 Å². The van der Waals surface area contributed by atoms with E-state index in [1.54, 1.807) is 6.20 Å². The standard InChI is InChI=1S/C18H21NO/c20-18(14-8-4-2-1-3-5-9-14)16-10-6-12-17-15(16)11-7-13-19-17/h6-8,10-13,18,20H,1-5,9H2/b14-8+. The van der Waals surface area contributed by atoms with Crippen LogP contribution >= 0.6 is 0 Å². The largest absolute Gasteiger partial charge is 0.384 e. The quantitative estimate of drug-likeness (QED) is 0.810. The van der Waals surface area contributed by atoms with Gasteiger partial charge in [0.05, 0.1) is 5.52 Å². The normalized spacial score (nSPS) is 20.8. The summed E-state index contributed by atoms with van der Waals surface area (Å²) < 4.78 is 0. The van der Waals surface area contributed by atoms with E-state index in [1.807, 2.05) is 30.3 Å². The molecular formula is C18H21NO. The molecule has 1 aliphatic carbocycles. The van der Waals surface area contributed by atoms with E-state index >= 15 is 0 Å². The fraction of sp³-hybridized carbons (Fsp3) is 0.389. The topological polar surface area (TPSA) is 33.1 Å². The lowest BCUT2D eigenvalue weighted by Gasteiger charge is -2.19. The van der Waals surface area contributed by atoms with Crippen LogP contribution in [-0.4, -0.2) is 10.1 Å². The summed E-state index contributed by atoms with van der Waals surface area (Å²) in [7, 11) is 0. The van der Waals surface area contributed by atoms with Crippen molar-refractivity contribution in [2.75, 3.05) is 0 Å². The van der Waals surface area contributed by atoms with Gasteiger partial charge in [-0.15, -0.1) is 0 Å². The fourth-order valence-corrected chi connectivity index (χ4v) is 3.03. The van der Waals surface area contributed by atoms with E-state index in [-0.39, 0.29) is 0 Å². The number of nitrogens with zero attached hydrogens (tertiary/aromatic N) is 1. The van der Waals surface area contributed by atoms with Crippen LogP contribution in [0.5, 0.6) is 0 Å². The minimum atomic E-state index is -0.485. The van der Waals surface area contributed by atoms with Gasteiger partial charge in [-0.25, -0.2) is 0 Å². The van der Waals surface area contributed by atoms with Crippen molar-refractivity contribution in [2.24, 2.45) is 0 Å². The molecular weight excluding hydrogens is 246 g/mol. The number of allylic oxidation sites excluding steroid dienone is 1. The van der Waals surface area contributed by atoms with Crippen molar-refractivity contribution < 1.29 is 5.11 Å². The van der Waals surface area contributed by atoms with E-state index in [4.69, 9.17) is 0 Å². The number of aromatic nitrogens is 1. The van der Waals surface area contributed by atoms with Crippen LogP contribution in [0.3, 0.4) is 0 Å². The first-order chi connectivity index (χ1) is 9.86. The first-order valence-corrected chi connectivity index (χ1v) is 7.57. The van der Waals surface area contributed by atoms with Crippen molar-refractivity contribution >= 4 is 10.9 Å². The van der Waals surface area contributed by atoms with Crippen molar-refractivity contribution in [3.8, 4) is 0 Å². The Kier molecular flexibility index (Phi) is 4.12. The molecule has 0 radical (unpaired) electrons. The van der Waals surface area contributed by atoms with Crippen molar-refractivity contribution in [3.05, 3.63) is 53.7 Å². The molecule has 1 aliphatic rings. The van der Waals surface area contributed by atoms with E-state index in [1.165, 1.54) is 31.3 Å². The first-order valence-electron chi connectivity index (χ1n) is 7.57. The lowest BCUT2D eigenvalue weighted by molar-refractivity contribution is 0.211. The molecule has 2 heteroatoms. The molecule has 2 aromatic rings. The van der Waals surface area contributed by atoms with E-state index < -0.39 is 6.10 Å². The van der Waals surface area contributed by atoms with Crippen molar-refractivity contribution in [1.29, 1.82) is 0 Å². The van der Waals surface area contributed by atoms with Crippen molar-refractivity contribution in [3.63, 3.8) is 0 Å². The molecule has 20 heavy (non-hydrogen) atoms. The summed E-state index contributed by atoms with van der Waals surface area (Å²) in [5, 5.41) is 11.8. The van der Waals surface area contributed by atoms with E-state index in [9.17, 15) is 5.11 Å². The Morgan fingerprint density at radius 3 is 2.85 bits per heavy atom. The van der Waals surface area contributed by atoms with Gasteiger partial charge in [-0.1, -0.05) is 37.1 Å². The van der Waals surface area contributed by atoms with Gasteiger partial charge in [0.2, 0.25) is 0 Å². The van der Waals surface area contributed by atoms with Gasteiger partial charge in [0, 0.05) is 11.6 Å². The van der Waals surface area contributed by atoms with Crippen molar-refractivity contribution in [2.45, 2.75) is 44.6 Å². The molecule has 2 nitrogen and oxygen atoms in total. The molecule has 1 N–H and O–H groups in total. The lowest BCUT2D eigenvalue weighted by Crippen LogP contribution is -2.04. The molecule has 1 heterocycles. The average Bonchev–Trinajstić information content (AvgIpc) is 2.46. The van der Waals surface area contributed by atoms with E-state index in [0.29, 0.717) is 0 Å². The zero-order valence-electron chi connectivity index (χ0n) is 11.8. The number of rotatable bonds is 2. The molecule has 3 rings (SSSR count). The van der Waals surface area contributed by atoms with Crippen LogP contribution in [0.4, 0.5) is 0 Å². The Bertz CT molecular complexity index is 612. The Hall–Kier alpha value is -1.67. The third kappa shape index (κ3) is 2.75. The zero-order valence-corrected chi connectivity index (χ0v) is 11.8. The summed E-state index contributed by atoms with van der Waals surface area (Å²) >= 11 is 0. The zero-order chi connectivity index (χ0) is 13.8. The second kappa shape index (κ2) is 6.19. The van der Waals surface area contributed by atoms with Gasteiger partial charge < -0.3 is 5.11 Å². The number of hydrogen-bond acceptors (Lipinski definition) is 2. The van der Waals surface area contributed by atoms with Crippen LogP contribution in [0.15, 0.2) is 48.2 Å². The smallest absolute Gasteiger partial charge is 0.101 e. The average molecular weight is 267 g/mol. The molecule has 1 aromatic heterocycles. The van der Waals surface area contributed by atoms with Gasteiger partial charge >= 0.3 is 0 Å². The summed E-state index contributed by atoms with van der Waals surface area (Å²) in [6.45, 7) is 0.